The zero-order chi connectivity index (χ0) is 12.3. The number of hydrogen-bond donors (Lipinski definition) is 1. The van der Waals surface area contributed by atoms with Crippen molar-refractivity contribution in [3.05, 3.63) is 11.3 Å². The van der Waals surface area contributed by atoms with Crippen LogP contribution in [0.3, 0.4) is 0 Å². The summed E-state index contributed by atoms with van der Waals surface area (Å²) in [6, 6.07) is 0.549. The van der Waals surface area contributed by atoms with Gasteiger partial charge in [0, 0.05) is 32.8 Å². The Bertz CT molecular complexity index is 370. The van der Waals surface area contributed by atoms with E-state index >= 15 is 0 Å². The van der Waals surface area contributed by atoms with Crippen molar-refractivity contribution >= 4 is 0 Å². The third-order valence-corrected chi connectivity index (χ3v) is 3.27. The van der Waals surface area contributed by atoms with Crippen LogP contribution in [0.4, 0.5) is 0 Å². The molecule has 0 atom stereocenters. The minimum Gasteiger partial charge on any atom is -0.481 e. The third kappa shape index (κ3) is 2.79. The van der Waals surface area contributed by atoms with Crippen LogP contribution in [0.25, 0.3) is 0 Å². The summed E-state index contributed by atoms with van der Waals surface area (Å²) in [5, 5.41) is 7.93. The summed E-state index contributed by atoms with van der Waals surface area (Å²) in [6.45, 7) is 4.55. The molecule has 0 bridgehead atoms. The lowest BCUT2D eigenvalue weighted by Crippen LogP contribution is -2.34. The zero-order valence-electron chi connectivity index (χ0n) is 10.8. The van der Waals surface area contributed by atoms with Gasteiger partial charge in [0.15, 0.2) is 0 Å². The van der Waals surface area contributed by atoms with Crippen LogP contribution < -0.4 is 10.1 Å². The number of aryl methyl sites for hydroxylation is 2. The Balaban J connectivity index is 1.97. The Kier molecular flexibility index (Phi) is 4.02. The highest BCUT2D eigenvalue weighted by Crippen LogP contribution is 2.21. The van der Waals surface area contributed by atoms with Gasteiger partial charge in [-0.05, 0) is 19.8 Å². The van der Waals surface area contributed by atoms with E-state index in [0.717, 1.165) is 49.7 Å². The van der Waals surface area contributed by atoms with Gasteiger partial charge >= 0.3 is 0 Å². The standard InChI is InChI=1S/C12H21N3O2/c1-9-11(12(16-3)15(2)14-9)8-13-10-4-6-17-7-5-10/h10,13H,4-8H2,1-3H3. The van der Waals surface area contributed by atoms with Crippen molar-refractivity contribution in [2.45, 2.75) is 32.4 Å². The van der Waals surface area contributed by atoms with Crippen molar-refractivity contribution < 1.29 is 9.47 Å². The van der Waals surface area contributed by atoms with E-state index in [1.807, 2.05) is 14.0 Å². The molecule has 0 radical (unpaired) electrons. The maximum absolute atomic E-state index is 5.37. The SMILES string of the molecule is COc1c(CNC2CCOCC2)c(C)nn1C. The number of rotatable bonds is 4. The van der Waals surface area contributed by atoms with Gasteiger partial charge < -0.3 is 14.8 Å². The lowest BCUT2D eigenvalue weighted by molar-refractivity contribution is 0.0775. The Morgan fingerprint density at radius 2 is 2.18 bits per heavy atom. The Labute approximate surface area is 102 Å². The molecular weight excluding hydrogens is 218 g/mol. The molecule has 5 nitrogen and oxygen atoms in total. The average molecular weight is 239 g/mol. The molecule has 0 aromatic carbocycles. The van der Waals surface area contributed by atoms with E-state index < -0.39 is 0 Å². The highest BCUT2D eigenvalue weighted by atomic mass is 16.5. The molecule has 1 fully saturated rings. The second kappa shape index (κ2) is 5.51. The van der Waals surface area contributed by atoms with E-state index in [0.29, 0.717) is 6.04 Å². The zero-order valence-corrected chi connectivity index (χ0v) is 10.8. The molecule has 2 rings (SSSR count). The molecular formula is C12H21N3O2. The van der Waals surface area contributed by atoms with Crippen molar-refractivity contribution in [2.24, 2.45) is 7.05 Å². The molecule has 0 amide bonds. The first-order chi connectivity index (χ1) is 8.22. The van der Waals surface area contributed by atoms with Crippen LogP contribution in [0.2, 0.25) is 0 Å². The van der Waals surface area contributed by atoms with E-state index in [1.54, 1.807) is 11.8 Å². The van der Waals surface area contributed by atoms with Crippen LogP contribution in [0.15, 0.2) is 0 Å². The van der Waals surface area contributed by atoms with E-state index in [9.17, 15) is 0 Å². The predicted octanol–water partition coefficient (Wildman–Crippen LogP) is 1.01. The van der Waals surface area contributed by atoms with Crippen molar-refractivity contribution in [3.8, 4) is 5.88 Å². The van der Waals surface area contributed by atoms with Crippen LogP contribution in [-0.2, 0) is 18.3 Å². The first-order valence-corrected chi connectivity index (χ1v) is 6.10. The van der Waals surface area contributed by atoms with Gasteiger partial charge in [-0.25, -0.2) is 4.68 Å². The van der Waals surface area contributed by atoms with Crippen LogP contribution in [0.5, 0.6) is 5.88 Å². The van der Waals surface area contributed by atoms with Gasteiger partial charge in [-0.15, -0.1) is 0 Å². The van der Waals surface area contributed by atoms with Crippen molar-refractivity contribution in [3.63, 3.8) is 0 Å². The number of methoxy groups -OCH3 is 1. The maximum atomic E-state index is 5.37. The number of ether oxygens (including phenoxy) is 2. The lowest BCUT2D eigenvalue weighted by Gasteiger charge is -2.23. The summed E-state index contributed by atoms with van der Waals surface area (Å²) in [4.78, 5) is 0. The Hall–Kier alpha value is -1.07. The topological polar surface area (TPSA) is 48.3 Å². The molecule has 1 aliphatic rings. The lowest BCUT2D eigenvalue weighted by atomic mass is 10.1. The molecule has 0 unspecified atom stereocenters. The van der Waals surface area contributed by atoms with Crippen LogP contribution in [0.1, 0.15) is 24.1 Å². The summed E-state index contributed by atoms with van der Waals surface area (Å²) in [6.07, 6.45) is 2.17. The van der Waals surface area contributed by atoms with Gasteiger partial charge in [0.25, 0.3) is 0 Å². The normalized spacial score (nSPS) is 17.4. The van der Waals surface area contributed by atoms with Gasteiger partial charge in [-0.3, -0.25) is 0 Å². The van der Waals surface area contributed by atoms with E-state index in [2.05, 4.69) is 10.4 Å². The Morgan fingerprint density at radius 3 is 2.82 bits per heavy atom. The molecule has 1 aromatic rings. The summed E-state index contributed by atoms with van der Waals surface area (Å²) in [5.74, 6) is 0.849. The number of hydrogen-bond acceptors (Lipinski definition) is 4. The van der Waals surface area contributed by atoms with Crippen molar-refractivity contribution in [1.29, 1.82) is 0 Å². The minimum absolute atomic E-state index is 0.549. The fourth-order valence-electron chi connectivity index (χ4n) is 2.29. The van der Waals surface area contributed by atoms with Crippen LogP contribution >= 0.6 is 0 Å². The molecule has 0 saturated carbocycles. The van der Waals surface area contributed by atoms with E-state index in [1.165, 1.54) is 0 Å². The molecule has 1 aromatic heterocycles. The number of nitrogens with one attached hydrogen (secondary N) is 1. The van der Waals surface area contributed by atoms with Gasteiger partial charge in [0.1, 0.15) is 0 Å². The van der Waals surface area contributed by atoms with Crippen molar-refractivity contribution in [2.75, 3.05) is 20.3 Å². The van der Waals surface area contributed by atoms with Crippen LogP contribution in [-0.4, -0.2) is 36.1 Å². The Morgan fingerprint density at radius 1 is 1.47 bits per heavy atom. The second-order valence-corrected chi connectivity index (χ2v) is 4.46. The van der Waals surface area contributed by atoms with E-state index in [-0.39, 0.29) is 0 Å². The number of aromatic nitrogens is 2. The molecule has 2 heterocycles. The summed E-state index contributed by atoms with van der Waals surface area (Å²) in [5.41, 5.74) is 2.19. The van der Waals surface area contributed by atoms with Crippen LogP contribution in [0, 0.1) is 6.92 Å². The highest BCUT2D eigenvalue weighted by Gasteiger charge is 2.17. The molecule has 5 heteroatoms. The molecule has 0 aliphatic carbocycles. The molecule has 1 N–H and O–H groups in total. The quantitative estimate of drug-likeness (QED) is 0.851. The van der Waals surface area contributed by atoms with E-state index in [4.69, 9.17) is 9.47 Å². The molecule has 0 spiro atoms. The van der Waals surface area contributed by atoms with Gasteiger partial charge in [0.05, 0.1) is 18.4 Å². The summed E-state index contributed by atoms with van der Waals surface area (Å²) < 4.78 is 12.5. The largest absolute Gasteiger partial charge is 0.481 e. The monoisotopic (exact) mass is 239 g/mol. The molecule has 96 valence electrons. The highest BCUT2D eigenvalue weighted by molar-refractivity contribution is 5.30. The number of nitrogens with zero attached hydrogens (tertiary/aromatic N) is 2. The molecule has 1 aliphatic heterocycles. The fraction of sp³-hybridized carbons (Fsp3) is 0.750. The smallest absolute Gasteiger partial charge is 0.216 e. The first-order valence-electron chi connectivity index (χ1n) is 6.10. The maximum Gasteiger partial charge on any atom is 0.216 e. The third-order valence-electron chi connectivity index (χ3n) is 3.27. The minimum atomic E-state index is 0.549. The van der Waals surface area contributed by atoms with Gasteiger partial charge in [-0.1, -0.05) is 0 Å². The first kappa shape index (κ1) is 12.4. The fourth-order valence-corrected chi connectivity index (χ4v) is 2.29. The second-order valence-electron chi connectivity index (χ2n) is 4.46. The predicted molar refractivity (Wildman–Crippen MR) is 65.2 cm³/mol. The van der Waals surface area contributed by atoms with Gasteiger partial charge in [0.2, 0.25) is 5.88 Å². The van der Waals surface area contributed by atoms with Gasteiger partial charge in [-0.2, -0.15) is 5.10 Å². The van der Waals surface area contributed by atoms with Crippen molar-refractivity contribution in [1.82, 2.24) is 15.1 Å². The molecule has 17 heavy (non-hydrogen) atoms. The summed E-state index contributed by atoms with van der Waals surface area (Å²) in [7, 11) is 3.60. The average Bonchev–Trinajstić information content (AvgIpc) is 2.62. The molecule has 1 saturated heterocycles. The summed E-state index contributed by atoms with van der Waals surface area (Å²) >= 11 is 0.